The number of hydrogen-bond acceptors (Lipinski definition) is 4. The van der Waals surface area contributed by atoms with Crippen molar-refractivity contribution in [2.24, 2.45) is 5.92 Å². The standard InChI is InChI=1S/C20H30FN3O3/c1-13(2)18(24-11-14(3)27-15(4)12-24)20(26)23-10-9-22-19(25)16-7-5-6-8-17(16)21/h5-8,13-15,18H,9-12H2,1-4H3,(H,22,25)(H,23,26)/t14-,15+,18-/m0/s1. The Morgan fingerprint density at radius 2 is 1.74 bits per heavy atom. The first-order valence-electron chi connectivity index (χ1n) is 9.49. The second kappa shape index (κ2) is 9.80. The molecule has 7 heteroatoms. The molecule has 27 heavy (non-hydrogen) atoms. The SMILES string of the molecule is CC(C)[C@@H](C(=O)NCCNC(=O)c1ccccc1F)N1C[C@@H](C)O[C@@H](C)C1. The van der Waals surface area contributed by atoms with Crippen LogP contribution in [0.4, 0.5) is 4.39 Å². The zero-order valence-corrected chi connectivity index (χ0v) is 16.5. The van der Waals surface area contributed by atoms with Gasteiger partial charge in [0.15, 0.2) is 0 Å². The first-order valence-corrected chi connectivity index (χ1v) is 9.49. The lowest BCUT2D eigenvalue weighted by atomic mass is 9.99. The molecule has 1 aliphatic rings. The average Bonchev–Trinajstić information content (AvgIpc) is 2.58. The number of carbonyl (C=O) groups excluding carboxylic acids is 2. The summed E-state index contributed by atoms with van der Waals surface area (Å²) in [6, 6.07) is 5.57. The van der Waals surface area contributed by atoms with Crippen molar-refractivity contribution >= 4 is 11.8 Å². The molecule has 1 aromatic rings. The third kappa shape index (κ3) is 6.01. The lowest BCUT2D eigenvalue weighted by Gasteiger charge is -2.41. The fourth-order valence-corrected chi connectivity index (χ4v) is 3.54. The van der Waals surface area contributed by atoms with Gasteiger partial charge in [0, 0.05) is 26.2 Å². The largest absolute Gasteiger partial charge is 0.373 e. The summed E-state index contributed by atoms with van der Waals surface area (Å²) in [4.78, 5) is 26.8. The summed E-state index contributed by atoms with van der Waals surface area (Å²) < 4.78 is 19.3. The van der Waals surface area contributed by atoms with Crippen molar-refractivity contribution in [3.05, 3.63) is 35.6 Å². The van der Waals surface area contributed by atoms with E-state index in [1.54, 1.807) is 6.07 Å². The van der Waals surface area contributed by atoms with E-state index in [0.29, 0.717) is 13.1 Å². The fraction of sp³-hybridized carbons (Fsp3) is 0.600. The Morgan fingerprint density at radius 1 is 1.15 bits per heavy atom. The van der Waals surface area contributed by atoms with Crippen molar-refractivity contribution in [1.82, 2.24) is 15.5 Å². The average molecular weight is 379 g/mol. The topological polar surface area (TPSA) is 70.7 Å². The van der Waals surface area contributed by atoms with Gasteiger partial charge in [-0.15, -0.1) is 0 Å². The molecule has 6 nitrogen and oxygen atoms in total. The minimum absolute atomic E-state index is 0.000162. The Bertz CT molecular complexity index is 643. The van der Waals surface area contributed by atoms with Gasteiger partial charge in [-0.1, -0.05) is 26.0 Å². The highest BCUT2D eigenvalue weighted by molar-refractivity contribution is 5.94. The number of nitrogens with one attached hydrogen (secondary N) is 2. The van der Waals surface area contributed by atoms with Crippen LogP contribution in [0.2, 0.25) is 0 Å². The minimum atomic E-state index is -0.561. The monoisotopic (exact) mass is 379 g/mol. The molecule has 3 atom stereocenters. The predicted molar refractivity (Wildman–Crippen MR) is 102 cm³/mol. The van der Waals surface area contributed by atoms with Gasteiger partial charge in [0.2, 0.25) is 5.91 Å². The molecule has 0 bridgehead atoms. The number of nitrogens with zero attached hydrogens (tertiary/aromatic N) is 1. The van der Waals surface area contributed by atoms with Gasteiger partial charge in [0.25, 0.3) is 5.91 Å². The van der Waals surface area contributed by atoms with Crippen LogP contribution in [0.5, 0.6) is 0 Å². The Hall–Kier alpha value is -1.99. The van der Waals surface area contributed by atoms with E-state index in [1.165, 1.54) is 18.2 Å². The normalized spacial score (nSPS) is 21.7. The lowest BCUT2D eigenvalue weighted by Crippen LogP contribution is -2.57. The summed E-state index contributed by atoms with van der Waals surface area (Å²) in [5.74, 6) is -0.963. The minimum Gasteiger partial charge on any atom is -0.373 e. The van der Waals surface area contributed by atoms with Gasteiger partial charge in [0.1, 0.15) is 5.82 Å². The zero-order valence-electron chi connectivity index (χ0n) is 16.5. The van der Waals surface area contributed by atoms with Crippen molar-refractivity contribution in [2.75, 3.05) is 26.2 Å². The molecule has 2 rings (SSSR count). The Kier molecular flexibility index (Phi) is 7.74. The Morgan fingerprint density at radius 3 is 2.33 bits per heavy atom. The molecular formula is C20H30FN3O3. The fourth-order valence-electron chi connectivity index (χ4n) is 3.54. The van der Waals surface area contributed by atoms with E-state index in [9.17, 15) is 14.0 Å². The number of benzene rings is 1. The van der Waals surface area contributed by atoms with Crippen molar-refractivity contribution in [3.63, 3.8) is 0 Å². The highest BCUT2D eigenvalue weighted by Crippen LogP contribution is 2.18. The molecule has 2 N–H and O–H groups in total. The molecule has 150 valence electrons. The van der Waals surface area contributed by atoms with Gasteiger partial charge in [-0.05, 0) is 31.9 Å². The van der Waals surface area contributed by atoms with E-state index < -0.39 is 11.7 Å². The molecule has 0 aliphatic carbocycles. The van der Waals surface area contributed by atoms with Crippen LogP contribution in [-0.2, 0) is 9.53 Å². The van der Waals surface area contributed by atoms with Crippen LogP contribution >= 0.6 is 0 Å². The van der Waals surface area contributed by atoms with Crippen LogP contribution in [0.25, 0.3) is 0 Å². The molecule has 1 aliphatic heterocycles. The first-order chi connectivity index (χ1) is 12.8. The Balaban J connectivity index is 1.84. The quantitative estimate of drug-likeness (QED) is 0.709. The maximum atomic E-state index is 13.6. The molecule has 2 amide bonds. The summed E-state index contributed by atoms with van der Waals surface area (Å²) in [5.41, 5.74) is 0.000162. The number of ether oxygens (including phenoxy) is 1. The highest BCUT2D eigenvalue weighted by atomic mass is 19.1. The number of amides is 2. The predicted octanol–water partition coefficient (Wildman–Crippen LogP) is 1.81. The molecule has 0 aromatic heterocycles. The van der Waals surface area contributed by atoms with Crippen LogP contribution in [0, 0.1) is 11.7 Å². The van der Waals surface area contributed by atoms with Crippen LogP contribution in [-0.4, -0.2) is 61.1 Å². The molecule has 0 spiro atoms. The number of hydrogen-bond donors (Lipinski definition) is 2. The maximum absolute atomic E-state index is 13.6. The summed E-state index contributed by atoms with van der Waals surface area (Å²) >= 11 is 0. The molecule has 0 unspecified atom stereocenters. The van der Waals surface area contributed by atoms with E-state index >= 15 is 0 Å². The van der Waals surface area contributed by atoms with Crippen molar-refractivity contribution in [1.29, 1.82) is 0 Å². The van der Waals surface area contributed by atoms with Crippen LogP contribution in [0.1, 0.15) is 38.1 Å². The molecule has 1 saturated heterocycles. The van der Waals surface area contributed by atoms with E-state index in [1.807, 2.05) is 27.7 Å². The number of morpholine rings is 1. The molecular weight excluding hydrogens is 349 g/mol. The molecule has 0 saturated carbocycles. The number of rotatable bonds is 7. The molecule has 1 aromatic carbocycles. The van der Waals surface area contributed by atoms with Gasteiger partial charge in [-0.3, -0.25) is 14.5 Å². The van der Waals surface area contributed by atoms with E-state index in [-0.39, 0.29) is 48.7 Å². The second-order valence-electron chi connectivity index (χ2n) is 7.43. The number of halogens is 1. The second-order valence-corrected chi connectivity index (χ2v) is 7.43. The van der Waals surface area contributed by atoms with Crippen molar-refractivity contribution in [2.45, 2.75) is 45.9 Å². The smallest absolute Gasteiger partial charge is 0.254 e. The first kappa shape index (κ1) is 21.3. The van der Waals surface area contributed by atoms with Gasteiger partial charge in [-0.25, -0.2) is 4.39 Å². The van der Waals surface area contributed by atoms with Gasteiger partial charge < -0.3 is 15.4 Å². The summed E-state index contributed by atoms with van der Waals surface area (Å²) in [6.07, 6.45) is 0.172. The highest BCUT2D eigenvalue weighted by Gasteiger charge is 2.33. The lowest BCUT2D eigenvalue weighted by molar-refractivity contribution is -0.135. The Labute approximate surface area is 160 Å². The molecule has 1 fully saturated rings. The molecule has 0 radical (unpaired) electrons. The summed E-state index contributed by atoms with van der Waals surface area (Å²) in [7, 11) is 0. The van der Waals surface area contributed by atoms with Crippen molar-refractivity contribution in [3.8, 4) is 0 Å². The number of carbonyl (C=O) groups is 2. The van der Waals surface area contributed by atoms with E-state index in [2.05, 4.69) is 15.5 Å². The van der Waals surface area contributed by atoms with Crippen LogP contribution < -0.4 is 10.6 Å². The van der Waals surface area contributed by atoms with E-state index in [0.717, 1.165) is 0 Å². The zero-order chi connectivity index (χ0) is 20.0. The van der Waals surface area contributed by atoms with E-state index in [4.69, 9.17) is 4.74 Å². The van der Waals surface area contributed by atoms with Gasteiger partial charge in [0.05, 0.1) is 23.8 Å². The van der Waals surface area contributed by atoms with Crippen molar-refractivity contribution < 1.29 is 18.7 Å². The van der Waals surface area contributed by atoms with Gasteiger partial charge >= 0.3 is 0 Å². The summed E-state index contributed by atoms with van der Waals surface area (Å²) in [6.45, 7) is 10.0. The third-order valence-electron chi connectivity index (χ3n) is 4.57. The summed E-state index contributed by atoms with van der Waals surface area (Å²) in [5, 5.41) is 5.51. The third-order valence-corrected chi connectivity index (χ3v) is 4.57. The van der Waals surface area contributed by atoms with Crippen LogP contribution in [0.15, 0.2) is 24.3 Å². The van der Waals surface area contributed by atoms with Gasteiger partial charge in [-0.2, -0.15) is 0 Å². The molecule has 1 heterocycles. The van der Waals surface area contributed by atoms with Crippen LogP contribution in [0.3, 0.4) is 0 Å². The maximum Gasteiger partial charge on any atom is 0.254 e.